The molecule has 0 saturated carbocycles. The van der Waals surface area contributed by atoms with Gasteiger partial charge >= 0.3 is 0 Å². The van der Waals surface area contributed by atoms with Gasteiger partial charge in [-0.15, -0.1) is 0 Å². The van der Waals surface area contributed by atoms with Crippen LogP contribution in [0.4, 0.5) is 0 Å². The van der Waals surface area contributed by atoms with Crippen molar-refractivity contribution in [2.24, 2.45) is 5.11 Å². The molecular weight excluding hydrogens is 343 g/mol. The second-order valence-corrected chi connectivity index (χ2v) is 5.78. The Morgan fingerprint density at radius 3 is 3.04 bits per heavy atom. The first-order valence-electron chi connectivity index (χ1n) is 6.73. The first kappa shape index (κ1) is 16.0. The third-order valence-electron chi connectivity index (χ3n) is 3.39. The van der Waals surface area contributed by atoms with Gasteiger partial charge in [0.15, 0.2) is 0 Å². The number of ether oxygens (including phenoxy) is 2. The number of hydrogen-bond donors (Lipinski definition) is 0. The molecule has 2 heterocycles. The highest BCUT2D eigenvalue weighted by Crippen LogP contribution is 2.40. The van der Waals surface area contributed by atoms with Gasteiger partial charge in [-0.05, 0) is 17.7 Å². The van der Waals surface area contributed by atoms with Crippen LogP contribution in [0, 0.1) is 0 Å². The van der Waals surface area contributed by atoms with Gasteiger partial charge in [0.25, 0.3) is 0 Å². The maximum absolute atomic E-state index is 8.46. The molecule has 1 aliphatic rings. The summed E-state index contributed by atoms with van der Waals surface area (Å²) in [5, 5.41) is 8.54. The van der Waals surface area contributed by atoms with Gasteiger partial charge in [0.05, 0.1) is 24.3 Å². The standard InChI is InChI=1S/C13H12Cl2N6O2/c14-9-1-2-11(12(15)3-9)13(6-21-8-17-7-19-21)22-5-10(23-13)4-18-20-16/h1-3,7-8,10H,4-6H2. The largest absolute Gasteiger partial charge is 0.342 e. The lowest BCUT2D eigenvalue weighted by molar-refractivity contribution is -0.187. The zero-order chi connectivity index (χ0) is 16.3. The Morgan fingerprint density at radius 2 is 2.35 bits per heavy atom. The van der Waals surface area contributed by atoms with Crippen LogP contribution in [0.1, 0.15) is 5.56 Å². The van der Waals surface area contributed by atoms with E-state index in [0.29, 0.717) is 15.6 Å². The van der Waals surface area contributed by atoms with E-state index in [1.807, 2.05) is 0 Å². The second kappa shape index (κ2) is 6.74. The molecule has 0 N–H and O–H groups in total. The van der Waals surface area contributed by atoms with Crippen molar-refractivity contribution >= 4 is 23.2 Å². The van der Waals surface area contributed by atoms with Crippen LogP contribution in [0.3, 0.4) is 0 Å². The van der Waals surface area contributed by atoms with E-state index in [0.717, 1.165) is 0 Å². The second-order valence-electron chi connectivity index (χ2n) is 4.93. The monoisotopic (exact) mass is 354 g/mol. The van der Waals surface area contributed by atoms with Gasteiger partial charge in [0.1, 0.15) is 19.2 Å². The van der Waals surface area contributed by atoms with Crippen molar-refractivity contribution in [3.05, 3.63) is 56.9 Å². The molecule has 0 bridgehead atoms. The van der Waals surface area contributed by atoms with E-state index in [2.05, 4.69) is 20.1 Å². The van der Waals surface area contributed by atoms with E-state index in [1.165, 1.54) is 6.33 Å². The molecule has 10 heteroatoms. The lowest BCUT2D eigenvalue weighted by Gasteiger charge is -2.29. The van der Waals surface area contributed by atoms with E-state index in [1.54, 1.807) is 29.2 Å². The number of azide groups is 1. The van der Waals surface area contributed by atoms with Crippen molar-refractivity contribution in [1.29, 1.82) is 0 Å². The lowest BCUT2D eigenvalue weighted by atomic mass is 10.1. The van der Waals surface area contributed by atoms with E-state index in [4.69, 9.17) is 38.2 Å². The van der Waals surface area contributed by atoms with Gasteiger partial charge in [-0.2, -0.15) is 5.10 Å². The molecule has 23 heavy (non-hydrogen) atoms. The fourth-order valence-electron chi connectivity index (χ4n) is 2.42. The Morgan fingerprint density at radius 1 is 1.48 bits per heavy atom. The average Bonchev–Trinajstić information content (AvgIpc) is 3.16. The minimum atomic E-state index is -1.15. The van der Waals surface area contributed by atoms with Crippen molar-refractivity contribution in [2.75, 3.05) is 13.2 Å². The number of benzene rings is 1. The van der Waals surface area contributed by atoms with Crippen LogP contribution in [0.25, 0.3) is 10.4 Å². The quantitative estimate of drug-likeness (QED) is 0.467. The summed E-state index contributed by atoms with van der Waals surface area (Å²) >= 11 is 12.3. The topological polar surface area (TPSA) is 97.9 Å². The zero-order valence-electron chi connectivity index (χ0n) is 11.8. The molecule has 0 amide bonds. The van der Waals surface area contributed by atoms with Gasteiger partial charge in [-0.1, -0.05) is 34.4 Å². The highest BCUT2D eigenvalue weighted by molar-refractivity contribution is 6.35. The van der Waals surface area contributed by atoms with Gasteiger partial charge < -0.3 is 9.47 Å². The van der Waals surface area contributed by atoms with Crippen LogP contribution >= 0.6 is 23.2 Å². The van der Waals surface area contributed by atoms with Crippen LogP contribution in [-0.4, -0.2) is 34.0 Å². The molecule has 1 aromatic carbocycles. The van der Waals surface area contributed by atoms with Crippen molar-refractivity contribution in [3.63, 3.8) is 0 Å². The van der Waals surface area contributed by atoms with Crippen LogP contribution < -0.4 is 0 Å². The molecule has 0 spiro atoms. The van der Waals surface area contributed by atoms with Gasteiger partial charge in [-0.3, -0.25) is 0 Å². The van der Waals surface area contributed by atoms with E-state index in [-0.39, 0.29) is 25.8 Å². The summed E-state index contributed by atoms with van der Waals surface area (Å²) in [7, 11) is 0. The number of halogens is 2. The molecule has 8 nitrogen and oxygen atoms in total. The van der Waals surface area contributed by atoms with Crippen LogP contribution in [0.5, 0.6) is 0 Å². The Labute approximate surface area is 141 Å². The molecule has 3 rings (SSSR count). The number of rotatable bonds is 5. The highest BCUT2D eigenvalue weighted by atomic mass is 35.5. The smallest absolute Gasteiger partial charge is 0.217 e. The predicted octanol–water partition coefficient (Wildman–Crippen LogP) is 3.16. The van der Waals surface area contributed by atoms with Crippen LogP contribution in [0.2, 0.25) is 10.0 Å². The summed E-state index contributed by atoms with van der Waals surface area (Å²) in [4.78, 5) is 6.66. The van der Waals surface area contributed by atoms with Crippen molar-refractivity contribution in [2.45, 2.75) is 18.4 Å². The summed E-state index contributed by atoms with van der Waals surface area (Å²) in [6.45, 7) is 0.689. The Bertz CT molecular complexity index is 734. The van der Waals surface area contributed by atoms with Gasteiger partial charge in [0.2, 0.25) is 5.79 Å². The molecule has 2 aromatic rings. The van der Waals surface area contributed by atoms with Gasteiger partial charge in [-0.25, -0.2) is 9.67 Å². The minimum Gasteiger partial charge on any atom is -0.342 e. The molecule has 120 valence electrons. The van der Waals surface area contributed by atoms with Crippen LogP contribution in [-0.2, 0) is 21.8 Å². The Hall–Kier alpha value is -1.83. The normalized spacial score (nSPS) is 23.7. The number of hydrogen-bond acceptors (Lipinski definition) is 5. The fraction of sp³-hybridized carbons (Fsp3) is 0.385. The Kier molecular flexibility index (Phi) is 4.70. The van der Waals surface area contributed by atoms with Crippen molar-refractivity contribution in [3.8, 4) is 0 Å². The summed E-state index contributed by atoms with van der Waals surface area (Å²) in [6.07, 6.45) is 2.60. The predicted molar refractivity (Wildman–Crippen MR) is 83.0 cm³/mol. The highest BCUT2D eigenvalue weighted by Gasteiger charge is 2.45. The first-order chi connectivity index (χ1) is 11.1. The maximum Gasteiger partial charge on any atom is 0.217 e. The third kappa shape index (κ3) is 3.41. The first-order valence-corrected chi connectivity index (χ1v) is 7.49. The number of nitrogens with zero attached hydrogens (tertiary/aromatic N) is 6. The molecule has 1 saturated heterocycles. The summed E-state index contributed by atoms with van der Waals surface area (Å²) in [6, 6.07) is 5.08. The zero-order valence-corrected chi connectivity index (χ0v) is 13.4. The molecule has 1 aliphatic heterocycles. The lowest BCUT2D eigenvalue weighted by Crippen LogP contribution is -2.34. The summed E-state index contributed by atoms with van der Waals surface area (Å²) in [5.41, 5.74) is 9.09. The van der Waals surface area contributed by atoms with E-state index >= 15 is 0 Å². The molecule has 1 fully saturated rings. The molecule has 1 aromatic heterocycles. The molecule has 2 atom stereocenters. The minimum absolute atomic E-state index is 0.167. The van der Waals surface area contributed by atoms with E-state index < -0.39 is 5.79 Å². The molecular formula is C13H12Cl2N6O2. The van der Waals surface area contributed by atoms with Gasteiger partial charge in [0, 0.05) is 15.5 Å². The van der Waals surface area contributed by atoms with Crippen molar-refractivity contribution in [1.82, 2.24) is 14.8 Å². The SMILES string of the molecule is [N-]=[N+]=NCC1COC(Cn2cncn2)(c2ccc(Cl)cc2Cl)O1. The Balaban J connectivity index is 1.95. The average molecular weight is 355 g/mol. The van der Waals surface area contributed by atoms with Crippen molar-refractivity contribution < 1.29 is 9.47 Å². The summed E-state index contributed by atoms with van der Waals surface area (Å²) < 4.78 is 13.5. The molecule has 0 radical (unpaired) electrons. The fourth-order valence-corrected chi connectivity index (χ4v) is 2.97. The van der Waals surface area contributed by atoms with Crippen LogP contribution in [0.15, 0.2) is 36.0 Å². The maximum atomic E-state index is 8.46. The van der Waals surface area contributed by atoms with E-state index in [9.17, 15) is 0 Å². The summed E-state index contributed by atoms with van der Waals surface area (Å²) in [5.74, 6) is -1.15. The molecule has 2 unspecified atom stereocenters. The molecule has 0 aliphatic carbocycles. The number of aromatic nitrogens is 3. The third-order valence-corrected chi connectivity index (χ3v) is 3.93.